The molecule has 0 aliphatic heterocycles. The van der Waals surface area contributed by atoms with E-state index in [0.717, 1.165) is 96.0 Å². The van der Waals surface area contributed by atoms with Crippen LogP contribution >= 0.6 is 0 Å². The van der Waals surface area contributed by atoms with Gasteiger partial charge in [-0.3, -0.25) is 4.99 Å². The van der Waals surface area contributed by atoms with Crippen LogP contribution in [0.4, 0.5) is 5.69 Å². The molecule has 6 heteroatoms. The first-order chi connectivity index (χ1) is 13.7. The molecule has 0 N–H and O–H groups in total. The summed E-state index contributed by atoms with van der Waals surface area (Å²) in [6, 6.07) is 6.60. The van der Waals surface area contributed by atoms with Crippen LogP contribution in [0.1, 0.15) is 91.2 Å². The minimum absolute atomic E-state index is 0. The van der Waals surface area contributed by atoms with Gasteiger partial charge >= 0.3 is 117 Å². The van der Waals surface area contributed by atoms with Gasteiger partial charge < -0.3 is 5.32 Å². The van der Waals surface area contributed by atoms with E-state index in [-0.39, 0.29) is 31.4 Å². The molecule has 1 rings (SSSR count). The first-order valence-corrected chi connectivity index (χ1v) is 18.4. The summed E-state index contributed by atoms with van der Waals surface area (Å²) in [5.74, 6) is 0.946. The van der Waals surface area contributed by atoms with E-state index in [0.29, 0.717) is 11.8 Å². The van der Waals surface area contributed by atoms with E-state index in [2.05, 4.69) is 87.0 Å². The van der Waals surface area contributed by atoms with Crippen molar-refractivity contribution in [3.05, 3.63) is 48.1 Å². The molecule has 0 heterocycles. The fourth-order valence-electron chi connectivity index (χ4n) is 2.60. The van der Waals surface area contributed by atoms with E-state index < -0.39 is 0 Å². The maximum atomic E-state index is 5.18. The molecular formula is C24H41HfN2Pb3. The summed E-state index contributed by atoms with van der Waals surface area (Å²) in [5.41, 5.74) is 4.71. The largest absolute Gasteiger partial charge is 4.00 e. The van der Waals surface area contributed by atoms with Gasteiger partial charge in [0.2, 0.25) is 0 Å². The molecule has 0 bridgehead atoms. The van der Waals surface area contributed by atoms with E-state index in [1.54, 1.807) is 0 Å². The van der Waals surface area contributed by atoms with Crippen molar-refractivity contribution in [3.8, 4) is 0 Å². The van der Waals surface area contributed by atoms with Crippen LogP contribution < -0.4 is 0 Å². The Morgan fingerprint density at radius 3 is 1.70 bits per heavy atom. The van der Waals surface area contributed by atoms with Crippen molar-refractivity contribution in [2.75, 3.05) is 6.54 Å². The Morgan fingerprint density at radius 1 is 0.967 bits per heavy atom. The molecule has 2 nitrogen and oxygen atoms in total. The van der Waals surface area contributed by atoms with Crippen molar-refractivity contribution < 1.29 is 25.8 Å². The number of hydrogen-bond donors (Lipinski definition) is 0. The summed E-state index contributed by atoms with van der Waals surface area (Å²) >= 11 is 3.17. The Kier molecular flexibility index (Phi) is 32.2. The van der Waals surface area contributed by atoms with Crippen molar-refractivity contribution in [3.63, 3.8) is 0 Å². The Hall–Kier alpha value is 2.33. The number of benzene rings is 1. The Labute approximate surface area is 256 Å². The van der Waals surface area contributed by atoms with Gasteiger partial charge in [-0.25, -0.2) is 0 Å². The topological polar surface area (TPSA) is 26.5 Å². The van der Waals surface area contributed by atoms with Gasteiger partial charge in [0.25, 0.3) is 0 Å². The average Bonchev–Trinajstić information content (AvgIpc) is 2.72. The van der Waals surface area contributed by atoms with Gasteiger partial charge in [0, 0.05) is 6.54 Å². The second-order valence-corrected chi connectivity index (χ2v) is 7.59. The summed E-state index contributed by atoms with van der Waals surface area (Å²) < 4.78 is 10.2. The third-order valence-electron chi connectivity index (χ3n) is 4.48. The van der Waals surface area contributed by atoms with Gasteiger partial charge in [0.05, 0.1) is 0 Å². The van der Waals surface area contributed by atoms with Crippen LogP contribution in [0.15, 0.2) is 23.2 Å². The minimum Gasteiger partial charge on any atom is 4.00 e. The fraction of sp³-hybridized carbons (Fsp3) is 0.583. The number of hydrogen-bond acceptors (Lipinski definition) is 1. The first-order valence-electron chi connectivity index (χ1n) is 10.1. The van der Waals surface area contributed by atoms with E-state index in [1.807, 2.05) is 0 Å². The van der Waals surface area contributed by atoms with Crippen molar-refractivity contribution >= 4 is 88.7 Å². The van der Waals surface area contributed by atoms with Crippen molar-refractivity contribution in [2.45, 2.75) is 85.6 Å². The predicted molar refractivity (Wildman–Crippen MR) is 138 cm³/mol. The second-order valence-electron chi connectivity index (χ2n) is 7.59. The number of unbranched alkanes of at least 4 members (excludes halogenated alkanes) is 1. The molecular weight excluding hydrogens is 1120 g/mol. The SMILES string of the molecule is CCCCN=C(C)C(C)(C)[N-]c1c(C(C)C)cccc1C(C)C.[CH2-][Pb].[CH2-][Pb].[CH2-][Pb].[Hf+4]. The zero-order chi connectivity index (χ0) is 23.6. The first kappa shape index (κ1) is 39.5. The van der Waals surface area contributed by atoms with E-state index in [4.69, 9.17) is 10.3 Å². The normalized spacial score (nSPS) is 10.6. The molecule has 9 radical (unpaired) electrons. The number of aliphatic imine (C=N–C) groups is 1. The van der Waals surface area contributed by atoms with Crippen LogP contribution in [-0.4, -0.2) is 95.1 Å². The van der Waals surface area contributed by atoms with Gasteiger partial charge in [-0.15, -0.1) is 5.69 Å². The van der Waals surface area contributed by atoms with Crippen molar-refractivity contribution in [1.82, 2.24) is 0 Å². The molecule has 0 spiro atoms. The molecule has 0 aliphatic carbocycles. The number of rotatable bonds is 8. The predicted octanol–water partition coefficient (Wildman–Crippen LogP) is 6.82. The summed E-state index contributed by atoms with van der Waals surface area (Å²) in [4.78, 5) is 4.75. The summed E-state index contributed by atoms with van der Waals surface area (Å²) in [7, 11) is 0. The quantitative estimate of drug-likeness (QED) is 0.119. The molecule has 0 aliphatic rings. The summed E-state index contributed by atoms with van der Waals surface area (Å²) in [6.45, 7) is 18.6. The molecule has 0 fully saturated rings. The molecule has 1 aromatic carbocycles. The number of nitrogens with zero attached hydrogens (tertiary/aromatic N) is 2. The molecule has 1 aromatic rings. The molecule has 0 saturated heterocycles. The molecule has 0 atom stereocenters. The Balaban J connectivity index is -0.000000441. The van der Waals surface area contributed by atoms with Gasteiger partial charge in [0.15, 0.2) is 0 Å². The van der Waals surface area contributed by atoms with Crippen LogP contribution in [0, 0.1) is 13.4 Å². The van der Waals surface area contributed by atoms with Crippen LogP contribution in [0.5, 0.6) is 0 Å². The van der Waals surface area contributed by atoms with E-state index in [9.17, 15) is 0 Å². The molecule has 163 valence electrons. The number of para-hydroxylation sites is 1. The van der Waals surface area contributed by atoms with Crippen molar-refractivity contribution in [1.29, 1.82) is 0 Å². The zero-order valence-corrected chi connectivity index (χ0v) is 35.8. The van der Waals surface area contributed by atoms with Gasteiger partial charge in [-0.1, -0.05) is 89.8 Å². The molecule has 0 saturated carbocycles. The molecule has 0 amide bonds. The van der Waals surface area contributed by atoms with Crippen LogP contribution in [0.25, 0.3) is 5.32 Å². The third-order valence-corrected chi connectivity index (χ3v) is 4.48. The second kappa shape index (κ2) is 24.5. The van der Waals surface area contributed by atoms with Crippen LogP contribution in [0.3, 0.4) is 0 Å². The van der Waals surface area contributed by atoms with Gasteiger partial charge in [0.1, 0.15) is 0 Å². The monoisotopic (exact) mass is 1160 g/mol. The van der Waals surface area contributed by atoms with Crippen LogP contribution in [-0.2, 0) is 25.8 Å². The maximum absolute atomic E-state index is 5.18. The van der Waals surface area contributed by atoms with Crippen LogP contribution in [0.2, 0.25) is 0 Å². The molecule has 30 heavy (non-hydrogen) atoms. The maximum Gasteiger partial charge on any atom is 4.00 e. The van der Waals surface area contributed by atoms with E-state index >= 15 is 0 Å². The van der Waals surface area contributed by atoms with E-state index in [1.165, 1.54) is 23.2 Å². The summed E-state index contributed by atoms with van der Waals surface area (Å²) in [5, 5.41) is 5.18. The molecule has 0 aromatic heterocycles. The third kappa shape index (κ3) is 16.0. The Bertz CT molecular complexity index is 519. The fourth-order valence-corrected chi connectivity index (χ4v) is 2.60. The summed E-state index contributed by atoms with van der Waals surface area (Å²) in [6.07, 6.45) is 2.33. The van der Waals surface area contributed by atoms with Crippen molar-refractivity contribution in [2.24, 2.45) is 4.99 Å². The minimum atomic E-state index is -0.262. The van der Waals surface area contributed by atoms with Gasteiger partial charge in [-0.2, -0.15) is 0 Å². The zero-order valence-electron chi connectivity index (χ0n) is 20.5. The average molecular weight is 1160 g/mol. The van der Waals surface area contributed by atoms with Gasteiger partial charge in [-0.05, 0) is 30.9 Å². The Morgan fingerprint density at radius 2 is 1.37 bits per heavy atom. The standard InChI is InChI=1S/C21H35N2.3CH2.Hf.3Pb/c1-9-10-14-22-17(6)21(7,8)23-20-18(15(2)3)12-11-13-19(20)16(4)5;;;;;;;/h11-13,15-16H,9-10,14H2,1-8H3;3*1H2;;;;/q4*-1;+4;;;. The molecule has 0 unspecified atom stereocenters. The smallest absolute Gasteiger partial charge is 4.00 e.